The van der Waals surface area contributed by atoms with Crippen molar-refractivity contribution < 1.29 is 4.84 Å². The van der Waals surface area contributed by atoms with Crippen LogP contribution in [0.15, 0.2) is 53.8 Å². The molecule has 4 aromatic rings. The highest BCUT2D eigenvalue weighted by atomic mass is 16.7. The van der Waals surface area contributed by atoms with Crippen molar-refractivity contribution in [2.75, 3.05) is 11.9 Å². The van der Waals surface area contributed by atoms with Crippen molar-refractivity contribution in [3.8, 4) is 0 Å². The second-order valence-electron chi connectivity index (χ2n) is 6.91. The maximum absolute atomic E-state index is 12.7. The van der Waals surface area contributed by atoms with Crippen molar-refractivity contribution in [3.05, 3.63) is 70.7 Å². The standard InChI is InChI=1S/C22H23N5O2/c1-3-4-9-29-27-20(28)10-19(21-15(2)25-14-26-22(21)27)24-13-17-12-23-11-16-7-5-6-8-18(16)17/h5-8,10-12,14,24H,3-4,9,13H2,1-2H3. The van der Waals surface area contributed by atoms with Crippen molar-refractivity contribution in [3.63, 3.8) is 0 Å². The van der Waals surface area contributed by atoms with Gasteiger partial charge < -0.3 is 10.2 Å². The molecule has 0 atom stereocenters. The highest BCUT2D eigenvalue weighted by molar-refractivity contribution is 5.91. The molecule has 1 N–H and O–H groups in total. The van der Waals surface area contributed by atoms with Crippen LogP contribution in [0.5, 0.6) is 0 Å². The lowest BCUT2D eigenvalue weighted by Gasteiger charge is -2.15. The molecule has 0 unspecified atom stereocenters. The van der Waals surface area contributed by atoms with Crippen LogP contribution in [-0.2, 0) is 6.54 Å². The first kappa shape index (κ1) is 18.9. The summed E-state index contributed by atoms with van der Waals surface area (Å²) in [6, 6.07) is 9.65. The first-order valence-corrected chi connectivity index (χ1v) is 9.75. The molecule has 3 aromatic heterocycles. The Morgan fingerprint density at radius 3 is 2.90 bits per heavy atom. The molecule has 0 radical (unpaired) electrons. The maximum atomic E-state index is 12.7. The molecule has 0 aliphatic heterocycles. The highest BCUT2D eigenvalue weighted by Crippen LogP contribution is 2.24. The van der Waals surface area contributed by atoms with Gasteiger partial charge in [-0.25, -0.2) is 9.97 Å². The Morgan fingerprint density at radius 1 is 1.17 bits per heavy atom. The summed E-state index contributed by atoms with van der Waals surface area (Å²) in [5, 5.41) is 6.37. The number of aryl methyl sites for hydroxylation is 1. The first-order chi connectivity index (χ1) is 14.2. The van der Waals surface area contributed by atoms with Gasteiger partial charge in [-0.3, -0.25) is 9.78 Å². The van der Waals surface area contributed by atoms with E-state index in [2.05, 4.69) is 33.3 Å². The zero-order chi connectivity index (χ0) is 20.2. The molecule has 0 amide bonds. The molecule has 4 rings (SSSR count). The maximum Gasteiger partial charge on any atom is 0.287 e. The summed E-state index contributed by atoms with van der Waals surface area (Å²) in [6.07, 6.45) is 7.00. The van der Waals surface area contributed by atoms with Gasteiger partial charge in [0.15, 0.2) is 5.65 Å². The second kappa shape index (κ2) is 8.26. The Hall–Kier alpha value is -3.48. The van der Waals surface area contributed by atoms with Gasteiger partial charge in [0.1, 0.15) is 12.9 Å². The molecule has 1 aromatic carbocycles. The quantitative estimate of drug-likeness (QED) is 0.487. The summed E-state index contributed by atoms with van der Waals surface area (Å²) in [5.41, 5.74) is 2.73. The van der Waals surface area contributed by atoms with Gasteiger partial charge >= 0.3 is 0 Å². The third-order valence-electron chi connectivity index (χ3n) is 4.88. The molecule has 0 saturated heterocycles. The average Bonchev–Trinajstić information content (AvgIpc) is 2.74. The number of unbranched alkanes of at least 4 members (excludes halogenated alkanes) is 1. The number of rotatable bonds is 7. The number of nitrogens with zero attached hydrogens (tertiary/aromatic N) is 4. The van der Waals surface area contributed by atoms with Gasteiger partial charge in [-0.2, -0.15) is 0 Å². The van der Waals surface area contributed by atoms with Crippen LogP contribution >= 0.6 is 0 Å². The van der Waals surface area contributed by atoms with Gasteiger partial charge in [-0.1, -0.05) is 37.6 Å². The normalized spacial score (nSPS) is 11.1. The zero-order valence-corrected chi connectivity index (χ0v) is 16.6. The number of aromatic nitrogens is 4. The zero-order valence-electron chi connectivity index (χ0n) is 16.6. The monoisotopic (exact) mass is 389 g/mol. The van der Waals surface area contributed by atoms with E-state index in [4.69, 9.17) is 4.84 Å². The molecule has 0 spiro atoms. The molecule has 0 bridgehead atoms. The van der Waals surface area contributed by atoms with Gasteiger partial charge in [0.05, 0.1) is 16.8 Å². The molecule has 148 valence electrons. The summed E-state index contributed by atoms with van der Waals surface area (Å²) < 4.78 is 1.27. The van der Waals surface area contributed by atoms with Gasteiger partial charge in [0, 0.05) is 30.4 Å². The molecule has 29 heavy (non-hydrogen) atoms. The van der Waals surface area contributed by atoms with E-state index in [-0.39, 0.29) is 5.56 Å². The molecule has 0 aliphatic rings. The van der Waals surface area contributed by atoms with Crippen LogP contribution in [0.2, 0.25) is 0 Å². The fourth-order valence-electron chi connectivity index (χ4n) is 3.36. The van der Waals surface area contributed by atoms with Crippen LogP contribution in [0, 0.1) is 6.92 Å². The van der Waals surface area contributed by atoms with E-state index < -0.39 is 0 Å². The van der Waals surface area contributed by atoms with E-state index in [0.717, 1.165) is 40.3 Å². The number of hydrogen-bond acceptors (Lipinski definition) is 6. The molecule has 0 saturated carbocycles. The summed E-state index contributed by atoms with van der Waals surface area (Å²) >= 11 is 0. The second-order valence-corrected chi connectivity index (χ2v) is 6.91. The predicted molar refractivity (Wildman–Crippen MR) is 114 cm³/mol. The lowest BCUT2D eigenvalue weighted by molar-refractivity contribution is 0.108. The van der Waals surface area contributed by atoms with Crippen molar-refractivity contribution in [2.45, 2.75) is 33.2 Å². The van der Waals surface area contributed by atoms with Crippen LogP contribution < -0.4 is 15.7 Å². The lowest BCUT2D eigenvalue weighted by atomic mass is 10.1. The minimum atomic E-state index is -0.259. The topological polar surface area (TPSA) is 81.9 Å². The number of benzene rings is 1. The van der Waals surface area contributed by atoms with Gasteiger partial charge in [-0.05, 0) is 24.3 Å². The molecule has 3 heterocycles. The fraction of sp³-hybridized carbons (Fsp3) is 0.273. The predicted octanol–water partition coefficient (Wildman–Crippen LogP) is 3.49. The Balaban J connectivity index is 1.72. The Kier molecular flexibility index (Phi) is 5.37. The largest absolute Gasteiger partial charge is 0.409 e. The number of anilines is 1. The average molecular weight is 389 g/mol. The van der Waals surface area contributed by atoms with Gasteiger partial charge in [-0.15, -0.1) is 4.73 Å². The lowest BCUT2D eigenvalue weighted by Crippen LogP contribution is -2.29. The molecule has 7 nitrogen and oxygen atoms in total. The first-order valence-electron chi connectivity index (χ1n) is 9.75. The van der Waals surface area contributed by atoms with E-state index in [0.29, 0.717) is 24.5 Å². The van der Waals surface area contributed by atoms with Gasteiger partial charge in [0.25, 0.3) is 5.56 Å². The smallest absolute Gasteiger partial charge is 0.287 e. The number of hydrogen-bond donors (Lipinski definition) is 1. The van der Waals surface area contributed by atoms with Crippen LogP contribution in [0.4, 0.5) is 5.69 Å². The minimum absolute atomic E-state index is 0.259. The fourth-order valence-corrected chi connectivity index (χ4v) is 3.36. The summed E-state index contributed by atoms with van der Waals surface area (Å²) in [5.74, 6) is 0. The van der Waals surface area contributed by atoms with Crippen molar-refractivity contribution >= 4 is 27.5 Å². The van der Waals surface area contributed by atoms with Crippen LogP contribution in [0.1, 0.15) is 31.0 Å². The van der Waals surface area contributed by atoms with E-state index in [1.165, 1.54) is 11.1 Å². The third kappa shape index (κ3) is 3.76. The van der Waals surface area contributed by atoms with E-state index in [1.54, 1.807) is 6.07 Å². The van der Waals surface area contributed by atoms with Crippen molar-refractivity contribution in [2.24, 2.45) is 0 Å². The van der Waals surface area contributed by atoms with Crippen molar-refractivity contribution in [1.82, 2.24) is 19.7 Å². The molecule has 7 heteroatoms. The summed E-state index contributed by atoms with van der Waals surface area (Å²) in [7, 11) is 0. The van der Waals surface area contributed by atoms with E-state index >= 15 is 0 Å². The molecule has 0 fully saturated rings. The number of nitrogens with one attached hydrogen (secondary N) is 1. The molecular formula is C22H23N5O2. The van der Waals surface area contributed by atoms with Gasteiger partial charge in [0.2, 0.25) is 0 Å². The van der Waals surface area contributed by atoms with E-state index in [1.807, 2.05) is 37.5 Å². The SMILES string of the molecule is CCCCOn1c(=O)cc(NCc2cncc3ccccc23)c2c(C)ncnc21. The minimum Gasteiger partial charge on any atom is -0.409 e. The highest BCUT2D eigenvalue weighted by Gasteiger charge is 2.14. The Morgan fingerprint density at radius 2 is 2.03 bits per heavy atom. The van der Waals surface area contributed by atoms with Crippen molar-refractivity contribution in [1.29, 1.82) is 0 Å². The summed E-state index contributed by atoms with van der Waals surface area (Å²) in [4.78, 5) is 31.4. The van der Waals surface area contributed by atoms with E-state index in [9.17, 15) is 4.79 Å². The summed E-state index contributed by atoms with van der Waals surface area (Å²) in [6.45, 7) is 4.96. The van der Waals surface area contributed by atoms with Crippen LogP contribution in [-0.4, -0.2) is 26.3 Å². The number of pyridine rings is 2. The molecular weight excluding hydrogens is 366 g/mol. The molecule has 0 aliphatic carbocycles. The Labute approximate surface area is 168 Å². The third-order valence-corrected chi connectivity index (χ3v) is 4.88. The van der Waals surface area contributed by atoms with Crippen LogP contribution in [0.25, 0.3) is 21.8 Å². The number of fused-ring (bicyclic) bond motifs is 2. The van der Waals surface area contributed by atoms with Crippen LogP contribution in [0.3, 0.4) is 0 Å². The Bertz CT molecular complexity index is 1210.